The van der Waals surface area contributed by atoms with Crippen LogP contribution in [0.3, 0.4) is 0 Å². The number of hydrogen-bond donors (Lipinski definition) is 0. The second-order valence-electron chi connectivity index (χ2n) is 2.08. The molecule has 0 radical (unpaired) electrons. The molecule has 0 saturated heterocycles. The van der Waals surface area contributed by atoms with Gasteiger partial charge in [0.1, 0.15) is 7.32 Å². The molecule has 0 aliphatic heterocycles. The molecule has 0 spiro atoms. The van der Waals surface area contributed by atoms with E-state index in [0.29, 0.717) is 5.75 Å². The zero-order chi connectivity index (χ0) is 8.97. The quantitative estimate of drug-likeness (QED) is 0.381. The van der Waals surface area contributed by atoms with Crippen LogP contribution in [0.15, 0.2) is 29.2 Å². The Balaban J connectivity index is 0. The molecular formula is C7H7BNa2O3S. The largest absolute Gasteiger partial charge is 1.00 e. The van der Waals surface area contributed by atoms with Crippen LogP contribution in [0.1, 0.15) is 0 Å². The fraction of sp³-hybridized carbons (Fsp3) is 0.143. The van der Waals surface area contributed by atoms with Gasteiger partial charge in [0.15, 0.2) is 0 Å². The van der Waals surface area contributed by atoms with Crippen LogP contribution in [0.2, 0.25) is 0 Å². The van der Waals surface area contributed by atoms with Gasteiger partial charge in [0.25, 0.3) is 0 Å². The van der Waals surface area contributed by atoms with E-state index >= 15 is 0 Å². The predicted molar refractivity (Wildman–Crippen MR) is 44.6 cm³/mol. The van der Waals surface area contributed by atoms with E-state index in [4.69, 9.17) is 0 Å². The van der Waals surface area contributed by atoms with Crippen molar-refractivity contribution in [1.82, 2.24) is 0 Å². The standard InChI is InChI=1S/C7H7BO3S.2Na/c1-12-7-4-2-6(3-5-7)11-8(9)10;;/h2-5H,1H3;;/q-2;2*+1. The van der Waals surface area contributed by atoms with Gasteiger partial charge in [0.05, 0.1) is 5.75 Å². The summed E-state index contributed by atoms with van der Waals surface area (Å²) < 4.78 is 4.39. The van der Waals surface area contributed by atoms with Crippen LogP contribution in [0.25, 0.3) is 0 Å². The molecule has 0 unspecified atom stereocenters. The molecule has 1 rings (SSSR count). The normalized spacial score (nSPS) is 8.21. The van der Waals surface area contributed by atoms with Crippen LogP contribution in [0.4, 0.5) is 0 Å². The smallest absolute Gasteiger partial charge is 0.860 e. The van der Waals surface area contributed by atoms with Crippen LogP contribution >= 0.6 is 11.8 Å². The summed E-state index contributed by atoms with van der Waals surface area (Å²) in [6.45, 7) is 0. The molecule has 0 saturated carbocycles. The molecule has 0 N–H and O–H groups in total. The predicted octanol–water partition coefficient (Wildman–Crippen LogP) is -6.50. The van der Waals surface area contributed by atoms with E-state index in [1.807, 2.05) is 6.26 Å². The minimum atomic E-state index is -2.25. The van der Waals surface area contributed by atoms with E-state index in [1.165, 1.54) is 0 Å². The number of benzene rings is 1. The first kappa shape index (κ1) is 17.7. The maximum atomic E-state index is 10.1. The van der Waals surface area contributed by atoms with Crippen LogP contribution in [0.5, 0.6) is 5.75 Å². The van der Waals surface area contributed by atoms with Crippen molar-refractivity contribution in [2.24, 2.45) is 0 Å². The molecule has 14 heavy (non-hydrogen) atoms. The first-order valence-electron chi connectivity index (χ1n) is 3.34. The van der Waals surface area contributed by atoms with Gasteiger partial charge in [-0.1, -0.05) is 0 Å². The molecule has 0 aliphatic rings. The molecule has 3 nitrogen and oxygen atoms in total. The van der Waals surface area contributed by atoms with Crippen molar-refractivity contribution in [3.8, 4) is 5.75 Å². The molecule has 0 atom stereocenters. The van der Waals surface area contributed by atoms with Crippen LogP contribution in [0, 0.1) is 0 Å². The maximum absolute atomic E-state index is 10.1. The van der Waals surface area contributed by atoms with Gasteiger partial charge in [-0.15, -0.1) is 11.8 Å². The first-order chi connectivity index (χ1) is 5.72. The zero-order valence-corrected chi connectivity index (χ0v) is 13.3. The van der Waals surface area contributed by atoms with Crippen molar-refractivity contribution in [2.75, 3.05) is 6.26 Å². The Bertz CT molecular complexity index is 245. The molecular weight excluding hydrogens is 221 g/mol. The summed E-state index contributed by atoms with van der Waals surface area (Å²) in [6.07, 6.45) is 1.94. The van der Waals surface area contributed by atoms with Crippen LogP contribution in [-0.4, -0.2) is 13.6 Å². The Labute approximate surface area is 132 Å². The van der Waals surface area contributed by atoms with E-state index < -0.39 is 7.32 Å². The van der Waals surface area contributed by atoms with Gasteiger partial charge >= 0.3 is 59.1 Å². The molecule has 64 valence electrons. The number of hydrogen-bond acceptors (Lipinski definition) is 4. The Kier molecular flexibility index (Phi) is 12.1. The molecule has 7 heteroatoms. The van der Waals surface area contributed by atoms with E-state index in [9.17, 15) is 10.0 Å². The summed E-state index contributed by atoms with van der Waals surface area (Å²) in [7, 11) is -2.25. The van der Waals surface area contributed by atoms with E-state index in [1.54, 1.807) is 36.0 Å². The van der Waals surface area contributed by atoms with Crippen LogP contribution in [-0.2, 0) is 0 Å². The van der Waals surface area contributed by atoms with Crippen molar-refractivity contribution < 1.29 is 73.8 Å². The Morgan fingerprint density at radius 1 is 1.14 bits per heavy atom. The van der Waals surface area contributed by atoms with Gasteiger partial charge in [-0.2, -0.15) is 0 Å². The minimum absolute atomic E-state index is 0. The third-order valence-corrected chi connectivity index (χ3v) is 2.04. The summed E-state index contributed by atoms with van der Waals surface area (Å²) in [5.41, 5.74) is 0. The van der Waals surface area contributed by atoms with Crippen molar-refractivity contribution in [2.45, 2.75) is 4.90 Å². The average Bonchev–Trinajstić information content (AvgIpc) is 2.05. The summed E-state index contributed by atoms with van der Waals surface area (Å²) in [4.78, 5) is 1.07. The number of rotatable bonds is 3. The fourth-order valence-electron chi connectivity index (χ4n) is 0.765. The number of thioether (sulfide) groups is 1. The molecule has 0 amide bonds. The van der Waals surface area contributed by atoms with Gasteiger partial charge in [-0.25, -0.2) is 0 Å². The SMILES string of the molecule is CSc1ccc(OB([O-])[O-])cc1.[Na+].[Na+]. The fourth-order valence-corrected chi connectivity index (χ4v) is 1.17. The van der Waals surface area contributed by atoms with Gasteiger partial charge in [-0.3, -0.25) is 0 Å². The van der Waals surface area contributed by atoms with Crippen molar-refractivity contribution in [3.05, 3.63) is 24.3 Å². The molecule has 0 fully saturated rings. The topological polar surface area (TPSA) is 55.3 Å². The Morgan fingerprint density at radius 3 is 2.00 bits per heavy atom. The Morgan fingerprint density at radius 2 is 1.64 bits per heavy atom. The van der Waals surface area contributed by atoms with E-state index in [2.05, 4.69) is 4.65 Å². The Hall–Kier alpha value is 1.35. The minimum Gasteiger partial charge on any atom is -0.860 e. The van der Waals surface area contributed by atoms with Crippen molar-refractivity contribution in [1.29, 1.82) is 0 Å². The van der Waals surface area contributed by atoms with E-state index in [0.717, 1.165) is 4.90 Å². The van der Waals surface area contributed by atoms with Crippen molar-refractivity contribution in [3.63, 3.8) is 0 Å². The van der Waals surface area contributed by atoms with Gasteiger partial charge < -0.3 is 14.7 Å². The maximum Gasteiger partial charge on any atom is 1.00 e. The summed E-state index contributed by atoms with van der Waals surface area (Å²) in [5, 5.41) is 20.1. The third kappa shape index (κ3) is 6.77. The van der Waals surface area contributed by atoms with Gasteiger partial charge in [-0.05, 0) is 30.5 Å². The first-order valence-corrected chi connectivity index (χ1v) is 4.57. The molecule has 1 aromatic rings. The van der Waals surface area contributed by atoms with Crippen LogP contribution < -0.4 is 73.8 Å². The molecule has 0 aliphatic carbocycles. The monoisotopic (exact) mass is 228 g/mol. The summed E-state index contributed by atoms with van der Waals surface area (Å²) >= 11 is 1.58. The summed E-state index contributed by atoms with van der Waals surface area (Å²) in [5.74, 6) is 0.322. The molecule has 0 aromatic heterocycles. The molecule has 0 heterocycles. The summed E-state index contributed by atoms with van der Waals surface area (Å²) in [6, 6.07) is 6.80. The second-order valence-corrected chi connectivity index (χ2v) is 2.96. The average molecular weight is 228 g/mol. The molecule has 0 bridgehead atoms. The van der Waals surface area contributed by atoms with Gasteiger partial charge in [0.2, 0.25) is 0 Å². The van der Waals surface area contributed by atoms with E-state index in [-0.39, 0.29) is 59.1 Å². The van der Waals surface area contributed by atoms with Gasteiger partial charge in [0, 0.05) is 4.90 Å². The molecule has 1 aromatic carbocycles. The zero-order valence-electron chi connectivity index (χ0n) is 8.52. The van der Waals surface area contributed by atoms with Crippen molar-refractivity contribution >= 4 is 19.1 Å². The third-order valence-electron chi connectivity index (χ3n) is 1.29. The second kappa shape index (κ2) is 9.57.